The number of aliphatic carboxylic acids is 3. The number of benzene rings is 1. The maximum atomic E-state index is 13.3. The van der Waals surface area contributed by atoms with Gasteiger partial charge in [-0.1, -0.05) is 13.3 Å². The number of H-pyrrole nitrogens is 1. The van der Waals surface area contributed by atoms with Crippen molar-refractivity contribution in [3.05, 3.63) is 34.2 Å². The van der Waals surface area contributed by atoms with Gasteiger partial charge >= 0.3 is 17.9 Å². The van der Waals surface area contributed by atoms with Gasteiger partial charge in [-0.05, 0) is 38.6 Å². The van der Waals surface area contributed by atoms with Crippen molar-refractivity contribution >= 4 is 49.1 Å². The Morgan fingerprint density at radius 2 is 1.53 bits per heavy atom. The second-order valence-corrected chi connectivity index (χ2v) is 14.8. The fourth-order valence-electron chi connectivity index (χ4n) is 4.81. The summed E-state index contributed by atoms with van der Waals surface area (Å²) >= 11 is 0. The van der Waals surface area contributed by atoms with Crippen molar-refractivity contribution in [3.63, 3.8) is 0 Å². The highest BCUT2D eigenvalue weighted by Crippen LogP contribution is 2.32. The minimum Gasteiger partial charge on any atom is -0.493 e. The molecule has 0 bridgehead atoms. The molecule has 22 heteroatoms. The number of carboxylic acid groups (broad SMARTS) is 3. The first kappa shape index (κ1) is 42.7. The smallest absolute Gasteiger partial charge is 0.336 e. The van der Waals surface area contributed by atoms with Crippen LogP contribution in [0.5, 0.6) is 5.75 Å². The lowest BCUT2D eigenvalue weighted by molar-refractivity contribution is -0.170. The lowest BCUT2D eigenvalue weighted by atomic mass is 9.96. The number of rotatable bonds is 12. The molecule has 1 aliphatic rings. The monoisotopic (exact) mass is 762 g/mol. The molecule has 3 aromatic rings. The molecule has 0 spiro atoms. The van der Waals surface area contributed by atoms with Gasteiger partial charge in [-0.25, -0.2) is 18.2 Å². The van der Waals surface area contributed by atoms with Crippen LogP contribution in [0.4, 0.5) is 0 Å². The molecule has 0 atom stereocenters. The van der Waals surface area contributed by atoms with Gasteiger partial charge in [0.1, 0.15) is 17.1 Å². The van der Waals surface area contributed by atoms with Crippen molar-refractivity contribution in [2.45, 2.75) is 50.0 Å². The number of nitrogens with one attached hydrogen (secondary N) is 1. The van der Waals surface area contributed by atoms with Gasteiger partial charge in [0.2, 0.25) is 10.0 Å². The van der Waals surface area contributed by atoms with Crippen molar-refractivity contribution in [1.82, 2.24) is 29.0 Å². The Bertz CT molecular complexity index is 1980. The molecule has 0 unspecified atom stereocenters. The molecule has 51 heavy (non-hydrogen) atoms. The van der Waals surface area contributed by atoms with Gasteiger partial charge in [0, 0.05) is 33.2 Å². The predicted molar refractivity (Wildman–Crippen MR) is 181 cm³/mol. The molecule has 0 saturated carbocycles. The number of aryl methyl sites for hydroxylation is 2. The van der Waals surface area contributed by atoms with Crippen LogP contribution < -0.4 is 10.3 Å². The SMILES string of the molecule is CCCc1nn(C)c2c(=O)[nH]c(-c3cc(S(=O)(=O)N4CCN(C)CC4)ccc3OCC)nc12.CS(=O)(=O)O.O=C(O)CC(O)(CC(=O)O)C(=O)O. The zero-order valence-electron chi connectivity index (χ0n) is 28.6. The minimum atomic E-state index is -3.70. The van der Waals surface area contributed by atoms with E-state index in [9.17, 15) is 36.0 Å². The summed E-state index contributed by atoms with van der Waals surface area (Å²) in [7, 11) is -3.67. The highest BCUT2D eigenvalue weighted by molar-refractivity contribution is 7.89. The van der Waals surface area contributed by atoms with Crippen molar-refractivity contribution in [3.8, 4) is 17.1 Å². The number of likely N-dealkylation sites (N-methyl/N-ethyl adjacent to an activating group) is 1. The number of carbonyl (C=O) groups is 3. The van der Waals surface area contributed by atoms with E-state index in [-0.39, 0.29) is 16.3 Å². The first-order chi connectivity index (χ1) is 23.5. The summed E-state index contributed by atoms with van der Waals surface area (Å²) in [6.45, 7) is 6.48. The molecule has 284 valence electrons. The summed E-state index contributed by atoms with van der Waals surface area (Å²) < 4.78 is 61.3. The number of aromatic amines is 1. The van der Waals surface area contributed by atoms with E-state index in [0.29, 0.717) is 67.8 Å². The number of nitrogens with zero attached hydrogens (tertiary/aromatic N) is 5. The van der Waals surface area contributed by atoms with Crippen molar-refractivity contribution in [2.75, 3.05) is 46.1 Å². The van der Waals surface area contributed by atoms with E-state index in [2.05, 4.69) is 15.0 Å². The maximum Gasteiger partial charge on any atom is 0.336 e. The molecule has 1 aromatic carbocycles. The topological polar surface area (TPSA) is 300 Å². The first-order valence-electron chi connectivity index (χ1n) is 15.3. The van der Waals surface area contributed by atoms with Crippen LogP contribution in [0.15, 0.2) is 27.9 Å². The van der Waals surface area contributed by atoms with E-state index >= 15 is 0 Å². The largest absolute Gasteiger partial charge is 0.493 e. The van der Waals surface area contributed by atoms with Crippen molar-refractivity contribution in [2.24, 2.45) is 7.05 Å². The Hall–Kier alpha value is -4.48. The van der Waals surface area contributed by atoms with Gasteiger partial charge in [-0.15, -0.1) is 0 Å². The fourth-order valence-corrected chi connectivity index (χ4v) is 6.26. The fraction of sp³-hybridized carbons (Fsp3) is 0.517. The van der Waals surface area contributed by atoms with E-state index in [1.54, 1.807) is 25.2 Å². The van der Waals surface area contributed by atoms with Gasteiger partial charge in [-0.3, -0.25) is 23.6 Å². The summed E-state index contributed by atoms with van der Waals surface area (Å²) in [5, 5.41) is 38.3. The Balaban J connectivity index is 0.000000416. The number of aromatic nitrogens is 4. The molecule has 0 amide bonds. The van der Waals surface area contributed by atoms with Crippen LogP contribution in [0.1, 0.15) is 38.8 Å². The molecule has 1 fully saturated rings. The number of ether oxygens (including phenoxy) is 1. The maximum absolute atomic E-state index is 13.3. The van der Waals surface area contributed by atoms with Gasteiger partial charge in [0.15, 0.2) is 11.1 Å². The lowest BCUT2D eigenvalue weighted by Gasteiger charge is -2.31. The summed E-state index contributed by atoms with van der Waals surface area (Å²) in [4.78, 5) is 53.1. The highest BCUT2D eigenvalue weighted by Gasteiger charge is 2.40. The van der Waals surface area contributed by atoms with E-state index in [1.807, 2.05) is 20.9 Å². The minimum absolute atomic E-state index is 0.147. The zero-order valence-corrected chi connectivity index (χ0v) is 30.2. The average Bonchev–Trinajstić information content (AvgIpc) is 3.31. The molecule has 0 radical (unpaired) electrons. The molecular formula is C29H42N6O14S2. The van der Waals surface area contributed by atoms with Gasteiger partial charge in [0.25, 0.3) is 15.7 Å². The van der Waals surface area contributed by atoms with Gasteiger partial charge < -0.3 is 35.0 Å². The number of fused-ring (bicyclic) bond motifs is 1. The summed E-state index contributed by atoms with van der Waals surface area (Å²) in [5.74, 6) is -4.30. The number of aliphatic hydroxyl groups is 1. The molecule has 1 aliphatic heterocycles. The molecule has 20 nitrogen and oxygen atoms in total. The van der Waals surface area contributed by atoms with Crippen LogP contribution in [0.25, 0.3) is 22.4 Å². The normalized spacial score (nSPS) is 14.2. The number of hydrogen-bond donors (Lipinski definition) is 6. The Labute approximate surface area is 293 Å². The first-order valence-corrected chi connectivity index (χ1v) is 18.6. The molecule has 4 rings (SSSR count). The van der Waals surface area contributed by atoms with E-state index < -0.39 is 56.5 Å². The van der Waals surface area contributed by atoms with Crippen LogP contribution in [-0.4, -0.2) is 140 Å². The quantitative estimate of drug-likeness (QED) is 0.131. The number of hydrogen-bond acceptors (Lipinski definition) is 13. The van der Waals surface area contributed by atoms with Crippen LogP contribution in [0, 0.1) is 0 Å². The van der Waals surface area contributed by atoms with Crippen molar-refractivity contribution < 1.29 is 60.9 Å². The summed E-state index contributed by atoms with van der Waals surface area (Å²) in [6, 6.07) is 4.71. The molecule has 3 heterocycles. The Morgan fingerprint density at radius 1 is 0.980 bits per heavy atom. The van der Waals surface area contributed by atoms with Crippen LogP contribution in [-0.2, 0) is 48.0 Å². The molecule has 1 saturated heterocycles. The third kappa shape index (κ3) is 12.1. The predicted octanol–water partition coefficient (Wildman–Crippen LogP) is -0.134. The lowest BCUT2D eigenvalue weighted by Crippen LogP contribution is -2.47. The van der Waals surface area contributed by atoms with Gasteiger partial charge in [0.05, 0.1) is 41.9 Å². The van der Waals surface area contributed by atoms with E-state index in [1.165, 1.54) is 8.99 Å². The third-order valence-corrected chi connectivity index (χ3v) is 9.04. The van der Waals surface area contributed by atoms with E-state index in [4.69, 9.17) is 34.7 Å². The highest BCUT2D eigenvalue weighted by atomic mass is 32.2. The van der Waals surface area contributed by atoms with Gasteiger partial charge in [-0.2, -0.15) is 17.8 Å². The molecule has 0 aliphatic carbocycles. The Kier molecular flexibility index (Phi) is 14.8. The molecule has 2 aromatic heterocycles. The summed E-state index contributed by atoms with van der Waals surface area (Å²) in [6.07, 6.45) is -0.0293. The third-order valence-electron chi connectivity index (χ3n) is 7.14. The number of carboxylic acids is 3. The molecule has 6 N–H and O–H groups in total. The van der Waals surface area contributed by atoms with Crippen LogP contribution in [0.2, 0.25) is 0 Å². The standard InChI is InChI=1S/C22H30N6O4S.C6H8O7.CH4O3S/c1-5-7-17-19-20(27(4)25-17)22(29)24-21(23-19)16-14-15(8-9-18(16)32-6-2)33(30,31)28-12-10-26(3)11-13-28;7-3(8)1-6(13,5(11)12)2-4(9)10;1-5(2,3)4/h8-9,14H,5-7,10-13H2,1-4H3,(H,23,24,29);13H,1-2H2,(H,7,8)(H,9,10)(H,11,12);1H3,(H,2,3,4). The second-order valence-electron chi connectivity index (χ2n) is 11.4. The second kappa shape index (κ2) is 17.6. The molecular weight excluding hydrogens is 720 g/mol. The number of piperazine rings is 1. The number of sulfonamides is 1. The van der Waals surface area contributed by atoms with E-state index in [0.717, 1.165) is 12.1 Å². The van der Waals surface area contributed by atoms with Crippen LogP contribution in [0.3, 0.4) is 0 Å². The van der Waals surface area contributed by atoms with Crippen LogP contribution >= 0.6 is 0 Å². The zero-order chi connectivity index (χ0) is 38.9. The average molecular weight is 763 g/mol. The summed E-state index contributed by atoms with van der Waals surface area (Å²) in [5.41, 5.74) is -0.993. The van der Waals surface area contributed by atoms with Crippen molar-refractivity contribution in [1.29, 1.82) is 0 Å². The Morgan fingerprint density at radius 3 is 2.00 bits per heavy atom.